The van der Waals surface area contributed by atoms with Crippen LogP contribution in [0.1, 0.15) is 19.8 Å². The first-order valence-electron chi connectivity index (χ1n) is 6.55. The molecule has 1 saturated heterocycles. The normalized spacial score (nSPS) is 19.7. The molecule has 0 amide bonds. The average molecular weight is 313 g/mol. The van der Waals surface area contributed by atoms with Crippen molar-refractivity contribution in [3.05, 3.63) is 24.3 Å². The fourth-order valence-electron chi connectivity index (χ4n) is 2.30. The summed E-state index contributed by atoms with van der Waals surface area (Å²) in [4.78, 5) is 2.25. The fourth-order valence-corrected chi connectivity index (χ4v) is 3.10. The number of thiocarbonyl (C=S) groups is 1. The molecule has 1 heterocycles. The Bertz CT molecular complexity index is 584. The van der Waals surface area contributed by atoms with Gasteiger partial charge in [0.25, 0.3) is 0 Å². The number of rotatable bonds is 2. The molecule has 0 saturated carbocycles. The van der Waals surface area contributed by atoms with E-state index < -0.39 is 10.0 Å². The SMILES string of the molecule is C[C@@H]1CCCN(C(=S)Nc2ccc(S(N)(=O)=O)cc2)C1. The third-order valence-electron chi connectivity index (χ3n) is 3.38. The van der Waals surface area contributed by atoms with Gasteiger partial charge in [0.05, 0.1) is 4.90 Å². The molecule has 110 valence electrons. The molecule has 0 radical (unpaired) electrons. The molecule has 1 atom stereocenters. The molecule has 7 heteroatoms. The zero-order chi connectivity index (χ0) is 14.8. The van der Waals surface area contributed by atoms with E-state index in [0.29, 0.717) is 11.0 Å². The van der Waals surface area contributed by atoms with Crippen molar-refractivity contribution in [2.24, 2.45) is 11.1 Å². The van der Waals surface area contributed by atoms with Gasteiger partial charge in [-0.15, -0.1) is 0 Å². The van der Waals surface area contributed by atoms with Gasteiger partial charge in [-0.05, 0) is 55.2 Å². The van der Waals surface area contributed by atoms with Crippen LogP contribution in [0.5, 0.6) is 0 Å². The molecule has 3 N–H and O–H groups in total. The van der Waals surface area contributed by atoms with Crippen molar-refractivity contribution in [3.63, 3.8) is 0 Å². The Kier molecular flexibility index (Phi) is 4.62. The van der Waals surface area contributed by atoms with Crippen molar-refractivity contribution >= 4 is 33.0 Å². The van der Waals surface area contributed by atoms with Gasteiger partial charge in [0.1, 0.15) is 0 Å². The highest BCUT2D eigenvalue weighted by molar-refractivity contribution is 7.89. The van der Waals surface area contributed by atoms with E-state index in [9.17, 15) is 8.42 Å². The predicted molar refractivity (Wildman–Crippen MR) is 84.0 cm³/mol. The molecule has 1 aromatic rings. The lowest BCUT2D eigenvalue weighted by atomic mass is 10.0. The van der Waals surface area contributed by atoms with Crippen molar-refractivity contribution in [3.8, 4) is 0 Å². The molecular formula is C13H19N3O2S2. The van der Waals surface area contributed by atoms with Crippen molar-refractivity contribution < 1.29 is 8.42 Å². The average Bonchev–Trinajstić information content (AvgIpc) is 2.38. The van der Waals surface area contributed by atoms with Crippen molar-refractivity contribution in [1.82, 2.24) is 4.90 Å². The van der Waals surface area contributed by atoms with E-state index in [0.717, 1.165) is 25.2 Å². The van der Waals surface area contributed by atoms with Crippen LogP contribution in [0.2, 0.25) is 0 Å². The highest BCUT2D eigenvalue weighted by atomic mass is 32.2. The largest absolute Gasteiger partial charge is 0.349 e. The molecule has 20 heavy (non-hydrogen) atoms. The fraction of sp³-hybridized carbons (Fsp3) is 0.462. The van der Waals surface area contributed by atoms with Crippen LogP contribution in [-0.4, -0.2) is 31.5 Å². The summed E-state index contributed by atoms with van der Waals surface area (Å²) < 4.78 is 22.3. The monoisotopic (exact) mass is 313 g/mol. The van der Waals surface area contributed by atoms with Gasteiger partial charge in [0.2, 0.25) is 10.0 Å². The predicted octanol–water partition coefficient (Wildman–Crippen LogP) is 1.76. The molecular weight excluding hydrogens is 294 g/mol. The number of nitrogens with zero attached hydrogens (tertiary/aromatic N) is 1. The minimum Gasteiger partial charge on any atom is -0.349 e. The van der Waals surface area contributed by atoms with E-state index in [1.807, 2.05) is 0 Å². The third-order valence-corrected chi connectivity index (χ3v) is 4.67. The van der Waals surface area contributed by atoms with Crippen LogP contribution in [0.15, 0.2) is 29.2 Å². The maximum Gasteiger partial charge on any atom is 0.238 e. The molecule has 0 aliphatic carbocycles. The van der Waals surface area contributed by atoms with Crippen LogP contribution < -0.4 is 10.5 Å². The van der Waals surface area contributed by atoms with E-state index >= 15 is 0 Å². The quantitative estimate of drug-likeness (QED) is 0.814. The molecule has 2 rings (SSSR count). The second kappa shape index (κ2) is 6.07. The Morgan fingerprint density at radius 3 is 2.60 bits per heavy atom. The van der Waals surface area contributed by atoms with Gasteiger partial charge < -0.3 is 10.2 Å². The first kappa shape index (κ1) is 15.2. The van der Waals surface area contributed by atoms with Crippen LogP contribution in [-0.2, 0) is 10.0 Å². The lowest BCUT2D eigenvalue weighted by Crippen LogP contribution is -2.41. The molecule has 0 bridgehead atoms. The third kappa shape index (κ3) is 3.91. The molecule has 5 nitrogen and oxygen atoms in total. The lowest BCUT2D eigenvalue weighted by molar-refractivity contribution is 0.276. The van der Waals surface area contributed by atoms with Crippen molar-refractivity contribution in [1.29, 1.82) is 0 Å². The van der Waals surface area contributed by atoms with Gasteiger partial charge in [0.15, 0.2) is 5.11 Å². The van der Waals surface area contributed by atoms with E-state index in [1.165, 1.54) is 18.6 Å². The summed E-state index contributed by atoms with van der Waals surface area (Å²) in [5.41, 5.74) is 0.764. The van der Waals surface area contributed by atoms with Crippen LogP contribution >= 0.6 is 12.2 Å². The number of sulfonamides is 1. The minimum absolute atomic E-state index is 0.0977. The number of hydrogen-bond acceptors (Lipinski definition) is 3. The Morgan fingerprint density at radius 2 is 2.05 bits per heavy atom. The smallest absolute Gasteiger partial charge is 0.238 e. The highest BCUT2D eigenvalue weighted by Gasteiger charge is 2.18. The summed E-state index contributed by atoms with van der Waals surface area (Å²) in [6.45, 7) is 4.14. The number of nitrogens with one attached hydrogen (secondary N) is 1. The van der Waals surface area contributed by atoms with Gasteiger partial charge >= 0.3 is 0 Å². The van der Waals surface area contributed by atoms with Crippen LogP contribution in [0.4, 0.5) is 5.69 Å². The number of likely N-dealkylation sites (tertiary alicyclic amines) is 1. The van der Waals surface area contributed by atoms with Crippen LogP contribution in [0, 0.1) is 5.92 Å². The Balaban J connectivity index is 2.01. The van der Waals surface area contributed by atoms with Gasteiger partial charge in [-0.1, -0.05) is 6.92 Å². The van der Waals surface area contributed by atoms with Crippen LogP contribution in [0.3, 0.4) is 0 Å². The second-order valence-electron chi connectivity index (χ2n) is 5.19. The zero-order valence-electron chi connectivity index (χ0n) is 11.4. The standard InChI is InChI=1S/C13H19N3O2S2/c1-10-3-2-8-16(9-10)13(19)15-11-4-6-12(7-5-11)20(14,17)18/h4-7,10H,2-3,8-9H2,1H3,(H,15,19)(H2,14,17,18)/t10-/m1/s1. The summed E-state index contributed by atoms with van der Waals surface area (Å²) in [5, 5.41) is 8.87. The Labute approximate surface area is 125 Å². The molecule has 0 unspecified atom stereocenters. The number of piperidine rings is 1. The van der Waals surface area contributed by atoms with E-state index in [2.05, 4.69) is 17.1 Å². The summed E-state index contributed by atoms with van der Waals surface area (Å²) in [6.07, 6.45) is 2.38. The number of anilines is 1. The summed E-state index contributed by atoms with van der Waals surface area (Å²) >= 11 is 5.39. The Hall–Kier alpha value is -1.18. The summed E-state index contributed by atoms with van der Waals surface area (Å²) in [5.74, 6) is 0.647. The molecule has 0 aromatic heterocycles. The highest BCUT2D eigenvalue weighted by Crippen LogP contribution is 2.18. The molecule has 1 fully saturated rings. The number of benzene rings is 1. The van der Waals surface area contributed by atoms with Gasteiger partial charge in [-0.3, -0.25) is 0 Å². The second-order valence-corrected chi connectivity index (χ2v) is 7.14. The van der Waals surface area contributed by atoms with Crippen molar-refractivity contribution in [2.75, 3.05) is 18.4 Å². The van der Waals surface area contributed by atoms with Gasteiger partial charge in [-0.25, -0.2) is 13.6 Å². The van der Waals surface area contributed by atoms with E-state index in [4.69, 9.17) is 17.4 Å². The minimum atomic E-state index is -3.65. The maximum absolute atomic E-state index is 11.2. The maximum atomic E-state index is 11.2. The van der Waals surface area contributed by atoms with Gasteiger partial charge in [-0.2, -0.15) is 0 Å². The zero-order valence-corrected chi connectivity index (χ0v) is 13.0. The summed E-state index contributed by atoms with van der Waals surface area (Å²) in [6, 6.07) is 6.27. The van der Waals surface area contributed by atoms with Crippen molar-refractivity contribution in [2.45, 2.75) is 24.7 Å². The van der Waals surface area contributed by atoms with Gasteiger partial charge in [0, 0.05) is 18.8 Å². The topological polar surface area (TPSA) is 75.4 Å². The number of primary sulfonamides is 1. The number of nitrogens with two attached hydrogens (primary N) is 1. The molecule has 0 spiro atoms. The van der Waals surface area contributed by atoms with Crippen LogP contribution in [0.25, 0.3) is 0 Å². The summed E-state index contributed by atoms with van der Waals surface area (Å²) in [7, 11) is -3.65. The first-order chi connectivity index (χ1) is 9.36. The molecule has 1 aromatic carbocycles. The molecule has 1 aliphatic heterocycles. The van der Waals surface area contributed by atoms with E-state index in [1.54, 1.807) is 12.1 Å². The number of hydrogen-bond donors (Lipinski definition) is 2. The lowest BCUT2D eigenvalue weighted by Gasteiger charge is -2.33. The Morgan fingerprint density at radius 1 is 1.40 bits per heavy atom. The van der Waals surface area contributed by atoms with E-state index in [-0.39, 0.29) is 4.90 Å². The molecule has 1 aliphatic rings. The first-order valence-corrected chi connectivity index (χ1v) is 8.50.